The normalized spacial score (nSPS) is 16.7. The molecule has 27 heavy (non-hydrogen) atoms. The van der Waals surface area contributed by atoms with Crippen molar-refractivity contribution < 1.29 is 9.13 Å². The number of ether oxygens (including phenoxy) is 1. The first-order valence-corrected chi connectivity index (χ1v) is 9.34. The maximum Gasteiger partial charge on any atom is 0.123 e. The fourth-order valence-electron chi connectivity index (χ4n) is 3.30. The van der Waals surface area contributed by atoms with Crippen LogP contribution in [0, 0.1) is 5.82 Å². The Morgan fingerprint density at radius 3 is 2.63 bits per heavy atom. The van der Waals surface area contributed by atoms with Gasteiger partial charge in [-0.15, -0.1) is 0 Å². The zero-order chi connectivity index (χ0) is 18.5. The summed E-state index contributed by atoms with van der Waals surface area (Å²) in [6.07, 6.45) is 2.53. The van der Waals surface area contributed by atoms with Crippen molar-refractivity contribution in [2.45, 2.75) is 32.0 Å². The van der Waals surface area contributed by atoms with Crippen LogP contribution in [0.5, 0.6) is 0 Å². The number of halogens is 1. The first-order valence-electron chi connectivity index (χ1n) is 9.34. The van der Waals surface area contributed by atoms with Crippen molar-refractivity contribution in [1.29, 1.82) is 0 Å². The lowest BCUT2D eigenvalue weighted by Crippen LogP contribution is -2.26. The summed E-state index contributed by atoms with van der Waals surface area (Å²) in [5, 5.41) is 12.8. The van der Waals surface area contributed by atoms with E-state index in [4.69, 9.17) is 4.74 Å². The number of nitrogens with one attached hydrogen (secondary N) is 1. The molecule has 1 N–H and O–H groups in total. The average Bonchev–Trinajstić information content (AvgIpc) is 3.35. The summed E-state index contributed by atoms with van der Waals surface area (Å²) >= 11 is 0. The van der Waals surface area contributed by atoms with Crippen LogP contribution in [-0.4, -0.2) is 34.2 Å². The van der Waals surface area contributed by atoms with Gasteiger partial charge in [-0.05, 0) is 30.5 Å². The highest BCUT2D eigenvalue weighted by Crippen LogP contribution is 2.20. The van der Waals surface area contributed by atoms with Crippen LogP contribution in [0.4, 0.5) is 4.39 Å². The van der Waals surface area contributed by atoms with E-state index >= 15 is 0 Å². The van der Waals surface area contributed by atoms with Gasteiger partial charge in [0.1, 0.15) is 17.2 Å². The Kier molecular flexibility index (Phi) is 5.55. The molecule has 1 aliphatic rings. The fourth-order valence-corrected chi connectivity index (χ4v) is 3.30. The Morgan fingerprint density at radius 2 is 1.89 bits per heavy atom. The second-order valence-corrected chi connectivity index (χ2v) is 6.78. The Labute approximate surface area is 158 Å². The summed E-state index contributed by atoms with van der Waals surface area (Å²) in [5.74, 6) is -0.240. The molecule has 0 spiro atoms. The first-order chi connectivity index (χ1) is 13.3. The lowest BCUT2D eigenvalue weighted by molar-refractivity contribution is 0.110. The van der Waals surface area contributed by atoms with Crippen molar-refractivity contribution in [1.82, 2.24) is 20.3 Å². The molecule has 3 aromatic rings. The first kappa shape index (κ1) is 17.8. The average molecular weight is 366 g/mol. The molecule has 0 unspecified atom stereocenters. The molecular weight excluding hydrogens is 343 g/mol. The Bertz CT molecular complexity index is 858. The summed E-state index contributed by atoms with van der Waals surface area (Å²) in [6.45, 7) is 2.81. The highest BCUT2D eigenvalue weighted by atomic mass is 19.1. The number of rotatable bonds is 7. The van der Waals surface area contributed by atoms with Crippen molar-refractivity contribution in [3.05, 3.63) is 71.7 Å². The lowest BCUT2D eigenvalue weighted by atomic mass is 10.1. The van der Waals surface area contributed by atoms with Gasteiger partial charge in [0.2, 0.25) is 0 Å². The summed E-state index contributed by atoms with van der Waals surface area (Å²) in [5.41, 5.74) is 3.78. The molecular formula is C21H23FN4O. The van der Waals surface area contributed by atoms with Crippen LogP contribution in [0.3, 0.4) is 0 Å². The third-order valence-corrected chi connectivity index (χ3v) is 4.70. The summed E-state index contributed by atoms with van der Waals surface area (Å²) < 4.78 is 18.8. The van der Waals surface area contributed by atoms with Crippen LogP contribution in [0.1, 0.15) is 24.1 Å². The van der Waals surface area contributed by atoms with Gasteiger partial charge < -0.3 is 10.1 Å². The molecule has 1 aliphatic heterocycles. The van der Waals surface area contributed by atoms with E-state index in [0.717, 1.165) is 48.5 Å². The van der Waals surface area contributed by atoms with Crippen LogP contribution < -0.4 is 5.32 Å². The highest BCUT2D eigenvalue weighted by molar-refractivity contribution is 5.60. The molecule has 0 aliphatic carbocycles. The van der Waals surface area contributed by atoms with E-state index in [-0.39, 0.29) is 5.82 Å². The predicted molar refractivity (Wildman–Crippen MR) is 102 cm³/mol. The molecule has 1 aromatic heterocycles. The Balaban J connectivity index is 1.51. The predicted octanol–water partition coefficient (Wildman–Crippen LogP) is 3.40. The largest absolute Gasteiger partial charge is 0.377 e. The van der Waals surface area contributed by atoms with Crippen LogP contribution in [-0.2, 0) is 17.8 Å². The number of aromatic nitrogens is 3. The topological polar surface area (TPSA) is 52.0 Å². The van der Waals surface area contributed by atoms with Gasteiger partial charge >= 0.3 is 0 Å². The molecule has 2 aromatic carbocycles. The second kappa shape index (κ2) is 8.41. The summed E-state index contributed by atoms with van der Waals surface area (Å²) in [6, 6.07) is 16.5. The van der Waals surface area contributed by atoms with Gasteiger partial charge in [0.25, 0.3) is 0 Å². The maximum atomic E-state index is 13.1. The number of hydrogen-bond acceptors (Lipinski definition) is 4. The molecule has 6 heteroatoms. The Hall–Kier alpha value is -2.57. The minimum absolute atomic E-state index is 0.240. The molecule has 2 heterocycles. The molecule has 1 saturated heterocycles. The van der Waals surface area contributed by atoms with Crippen LogP contribution in [0.2, 0.25) is 0 Å². The quantitative estimate of drug-likeness (QED) is 0.696. The van der Waals surface area contributed by atoms with Gasteiger partial charge in [0, 0.05) is 25.3 Å². The maximum absolute atomic E-state index is 13.1. The van der Waals surface area contributed by atoms with Crippen LogP contribution in [0.25, 0.3) is 11.3 Å². The van der Waals surface area contributed by atoms with Crippen LogP contribution >= 0.6 is 0 Å². The standard InChI is InChI=1S/C21H23FN4O/c22-18-10-8-16(9-11-18)15-26-24-20(14-23-13-19-7-4-12-27-19)21(25-26)17-5-2-1-3-6-17/h1-3,5-6,8-11,19,23H,4,7,12-15H2/t19-/m0/s1. The fraction of sp³-hybridized carbons (Fsp3) is 0.333. The zero-order valence-electron chi connectivity index (χ0n) is 15.1. The van der Waals surface area contributed by atoms with Crippen molar-refractivity contribution in [3.63, 3.8) is 0 Å². The lowest BCUT2D eigenvalue weighted by Gasteiger charge is -2.10. The molecule has 0 radical (unpaired) electrons. The molecule has 1 atom stereocenters. The van der Waals surface area contributed by atoms with Crippen LogP contribution in [0.15, 0.2) is 54.6 Å². The van der Waals surface area contributed by atoms with Gasteiger partial charge in [-0.25, -0.2) is 4.39 Å². The van der Waals surface area contributed by atoms with Gasteiger partial charge in [-0.3, -0.25) is 0 Å². The van der Waals surface area contributed by atoms with Gasteiger partial charge in [-0.2, -0.15) is 15.0 Å². The smallest absolute Gasteiger partial charge is 0.123 e. The molecule has 0 amide bonds. The molecule has 5 nitrogen and oxygen atoms in total. The van der Waals surface area contributed by atoms with E-state index in [0.29, 0.717) is 19.2 Å². The summed E-state index contributed by atoms with van der Waals surface area (Å²) in [7, 11) is 0. The number of hydrogen-bond donors (Lipinski definition) is 1. The van der Waals surface area contributed by atoms with Gasteiger partial charge in [0.15, 0.2) is 0 Å². The Morgan fingerprint density at radius 1 is 1.07 bits per heavy atom. The SMILES string of the molecule is Fc1ccc(Cn2nc(CNC[C@@H]3CCCO3)c(-c3ccccc3)n2)cc1. The highest BCUT2D eigenvalue weighted by Gasteiger charge is 2.17. The van der Waals surface area contributed by atoms with E-state index in [1.165, 1.54) is 12.1 Å². The van der Waals surface area contributed by atoms with Crippen molar-refractivity contribution in [2.75, 3.05) is 13.2 Å². The van der Waals surface area contributed by atoms with E-state index in [1.807, 2.05) is 30.3 Å². The molecule has 0 bridgehead atoms. The van der Waals surface area contributed by atoms with Crippen molar-refractivity contribution in [3.8, 4) is 11.3 Å². The van der Waals surface area contributed by atoms with E-state index in [1.54, 1.807) is 16.9 Å². The third-order valence-electron chi connectivity index (χ3n) is 4.70. The third kappa shape index (κ3) is 4.59. The second-order valence-electron chi connectivity index (χ2n) is 6.78. The summed E-state index contributed by atoms with van der Waals surface area (Å²) in [4.78, 5) is 1.68. The minimum atomic E-state index is -0.240. The van der Waals surface area contributed by atoms with Gasteiger partial charge in [-0.1, -0.05) is 42.5 Å². The molecule has 1 fully saturated rings. The number of nitrogens with zero attached hydrogens (tertiary/aromatic N) is 3. The molecule has 140 valence electrons. The monoisotopic (exact) mass is 366 g/mol. The zero-order valence-corrected chi connectivity index (χ0v) is 15.1. The molecule has 4 rings (SSSR count). The van der Waals surface area contributed by atoms with E-state index in [2.05, 4.69) is 15.5 Å². The van der Waals surface area contributed by atoms with Crippen molar-refractivity contribution in [2.24, 2.45) is 0 Å². The molecule has 0 saturated carbocycles. The minimum Gasteiger partial charge on any atom is -0.377 e. The number of benzene rings is 2. The van der Waals surface area contributed by atoms with Gasteiger partial charge in [0.05, 0.1) is 12.6 Å². The van der Waals surface area contributed by atoms with E-state index in [9.17, 15) is 4.39 Å². The van der Waals surface area contributed by atoms with Crippen molar-refractivity contribution >= 4 is 0 Å². The van der Waals surface area contributed by atoms with E-state index < -0.39 is 0 Å².